The molecule has 0 radical (unpaired) electrons. The molecule has 2 rings (SSSR count). The fourth-order valence-corrected chi connectivity index (χ4v) is 3.02. The van der Waals surface area contributed by atoms with Gasteiger partial charge in [-0.3, -0.25) is 0 Å². The standard InChI is InChI=1S/C16H24/c1-2-14-10-8-9-13-16(14)15-11-6-4-3-5-7-12-15/h8-10,13,15H,2-7,11-12H2,1H3. The fraction of sp³-hybridized carbons (Fsp3) is 0.625. The number of benzene rings is 1. The number of hydrogen-bond acceptors (Lipinski definition) is 0. The molecule has 0 nitrogen and oxygen atoms in total. The van der Waals surface area contributed by atoms with Crippen LogP contribution in [-0.4, -0.2) is 0 Å². The van der Waals surface area contributed by atoms with Crippen LogP contribution >= 0.6 is 0 Å². The minimum atomic E-state index is 0.844. The first-order chi connectivity index (χ1) is 7.92. The Hall–Kier alpha value is -0.780. The van der Waals surface area contributed by atoms with Crippen molar-refractivity contribution in [2.24, 2.45) is 0 Å². The normalized spacial score (nSPS) is 19.1. The molecule has 0 aliphatic heterocycles. The van der Waals surface area contributed by atoms with Crippen molar-refractivity contribution in [3.8, 4) is 0 Å². The van der Waals surface area contributed by atoms with Gasteiger partial charge in [-0.25, -0.2) is 0 Å². The number of rotatable bonds is 2. The van der Waals surface area contributed by atoms with Gasteiger partial charge >= 0.3 is 0 Å². The summed E-state index contributed by atoms with van der Waals surface area (Å²) in [7, 11) is 0. The van der Waals surface area contributed by atoms with Gasteiger partial charge in [0.15, 0.2) is 0 Å². The highest BCUT2D eigenvalue weighted by atomic mass is 14.2. The van der Waals surface area contributed by atoms with Crippen LogP contribution < -0.4 is 0 Å². The van der Waals surface area contributed by atoms with Crippen LogP contribution in [0.3, 0.4) is 0 Å². The van der Waals surface area contributed by atoms with Gasteiger partial charge in [0, 0.05) is 0 Å². The molecule has 0 aromatic heterocycles. The fourth-order valence-electron chi connectivity index (χ4n) is 3.02. The second kappa shape index (κ2) is 6.08. The summed E-state index contributed by atoms with van der Waals surface area (Å²) in [5.74, 6) is 0.844. The zero-order valence-corrected chi connectivity index (χ0v) is 10.5. The van der Waals surface area contributed by atoms with Gasteiger partial charge in [-0.1, -0.05) is 63.3 Å². The predicted octanol–water partition coefficient (Wildman–Crippen LogP) is 5.08. The molecule has 0 amide bonds. The van der Waals surface area contributed by atoms with Crippen LogP contribution in [0.4, 0.5) is 0 Å². The molecule has 1 aromatic rings. The van der Waals surface area contributed by atoms with E-state index in [1.54, 1.807) is 11.1 Å². The molecular formula is C16H24. The van der Waals surface area contributed by atoms with Crippen molar-refractivity contribution in [1.82, 2.24) is 0 Å². The van der Waals surface area contributed by atoms with Crippen LogP contribution in [0.25, 0.3) is 0 Å². The molecule has 0 spiro atoms. The Morgan fingerprint density at radius 3 is 2.25 bits per heavy atom. The maximum atomic E-state index is 2.37. The Labute approximate surface area is 100 Å². The van der Waals surface area contributed by atoms with Crippen molar-refractivity contribution in [3.05, 3.63) is 35.4 Å². The van der Waals surface area contributed by atoms with Crippen LogP contribution in [0.15, 0.2) is 24.3 Å². The Bertz CT molecular complexity index is 306. The molecule has 1 saturated carbocycles. The summed E-state index contributed by atoms with van der Waals surface area (Å²) < 4.78 is 0. The first kappa shape index (κ1) is 11.7. The van der Waals surface area contributed by atoms with Crippen molar-refractivity contribution in [3.63, 3.8) is 0 Å². The Morgan fingerprint density at radius 1 is 0.938 bits per heavy atom. The Kier molecular flexibility index (Phi) is 4.44. The molecule has 0 heterocycles. The molecule has 1 aliphatic carbocycles. The lowest BCUT2D eigenvalue weighted by Crippen LogP contribution is -2.05. The highest BCUT2D eigenvalue weighted by Gasteiger charge is 2.15. The molecule has 16 heavy (non-hydrogen) atoms. The van der Waals surface area contributed by atoms with E-state index in [2.05, 4.69) is 31.2 Å². The van der Waals surface area contributed by atoms with Crippen molar-refractivity contribution in [2.45, 2.75) is 64.2 Å². The summed E-state index contributed by atoms with van der Waals surface area (Å²) in [6.45, 7) is 2.28. The molecule has 0 heteroatoms. The molecule has 1 fully saturated rings. The molecule has 0 N–H and O–H groups in total. The minimum Gasteiger partial charge on any atom is -0.0620 e. The van der Waals surface area contributed by atoms with Crippen molar-refractivity contribution in [1.29, 1.82) is 0 Å². The Balaban J connectivity index is 2.13. The molecular weight excluding hydrogens is 192 g/mol. The molecule has 1 aliphatic rings. The molecule has 0 unspecified atom stereocenters. The van der Waals surface area contributed by atoms with Gasteiger partial charge in [0.1, 0.15) is 0 Å². The van der Waals surface area contributed by atoms with Crippen molar-refractivity contribution in [2.75, 3.05) is 0 Å². The molecule has 88 valence electrons. The van der Waals surface area contributed by atoms with Crippen molar-refractivity contribution < 1.29 is 0 Å². The maximum absolute atomic E-state index is 2.37. The average Bonchev–Trinajstić information content (AvgIpc) is 2.29. The summed E-state index contributed by atoms with van der Waals surface area (Å²) in [5.41, 5.74) is 3.22. The lowest BCUT2D eigenvalue weighted by Gasteiger charge is -2.22. The van der Waals surface area contributed by atoms with E-state index in [1.807, 2.05) is 0 Å². The summed E-state index contributed by atoms with van der Waals surface area (Å²) in [6.07, 6.45) is 11.2. The maximum Gasteiger partial charge on any atom is -0.0159 e. The molecule has 0 bridgehead atoms. The van der Waals surface area contributed by atoms with Gasteiger partial charge in [0.2, 0.25) is 0 Å². The van der Waals surface area contributed by atoms with Crippen LogP contribution in [0, 0.1) is 0 Å². The van der Waals surface area contributed by atoms with Gasteiger partial charge in [0.25, 0.3) is 0 Å². The molecule has 0 saturated heterocycles. The third kappa shape index (κ3) is 2.87. The van der Waals surface area contributed by atoms with E-state index in [1.165, 1.54) is 51.4 Å². The topological polar surface area (TPSA) is 0 Å². The van der Waals surface area contributed by atoms with E-state index in [-0.39, 0.29) is 0 Å². The lowest BCUT2D eigenvalue weighted by molar-refractivity contribution is 0.454. The average molecular weight is 216 g/mol. The van der Waals surface area contributed by atoms with Gasteiger partial charge < -0.3 is 0 Å². The van der Waals surface area contributed by atoms with Crippen molar-refractivity contribution >= 4 is 0 Å². The van der Waals surface area contributed by atoms with Crippen LogP contribution in [0.5, 0.6) is 0 Å². The predicted molar refractivity (Wildman–Crippen MR) is 70.9 cm³/mol. The summed E-state index contributed by atoms with van der Waals surface area (Å²) >= 11 is 0. The number of aryl methyl sites for hydroxylation is 1. The smallest absolute Gasteiger partial charge is 0.0159 e. The van der Waals surface area contributed by atoms with Crippen LogP contribution in [0.1, 0.15) is 68.9 Å². The van der Waals surface area contributed by atoms with E-state index in [4.69, 9.17) is 0 Å². The first-order valence-electron chi connectivity index (χ1n) is 6.99. The third-order valence-electron chi connectivity index (χ3n) is 3.98. The van der Waals surface area contributed by atoms with E-state index < -0.39 is 0 Å². The highest BCUT2D eigenvalue weighted by molar-refractivity contribution is 5.30. The second-order valence-electron chi connectivity index (χ2n) is 5.09. The SMILES string of the molecule is CCc1ccccc1C1CCCCCCC1. The molecule has 0 atom stereocenters. The molecule has 1 aromatic carbocycles. The van der Waals surface area contributed by atoms with Gasteiger partial charge in [-0.2, -0.15) is 0 Å². The van der Waals surface area contributed by atoms with E-state index in [0.29, 0.717) is 0 Å². The third-order valence-corrected chi connectivity index (χ3v) is 3.98. The summed E-state index contributed by atoms with van der Waals surface area (Å²) in [5, 5.41) is 0. The van der Waals surface area contributed by atoms with E-state index >= 15 is 0 Å². The van der Waals surface area contributed by atoms with Gasteiger partial charge in [-0.15, -0.1) is 0 Å². The van der Waals surface area contributed by atoms with Crippen LogP contribution in [0.2, 0.25) is 0 Å². The Morgan fingerprint density at radius 2 is 1.56 bits per heavy atom. The quantitative estimate of drug-likeness (QED) is 0.647. The number of hydrogen-bond donors (Lipinski definition) is 0. The largest absolute Gasteiger partial charge is 0.0620 e. The van der Waals surface area contributed by atoms with Gasteiger partial charge in [0.05, 0.1) is 0 Å². The zero-order chi connectivity index (χ0) is 11.2. The zero-order valence-electron chi connectivity index (χ0n) is 10.5. The second-order valence-corrected chi connectivity index (χ2v) is 5.09. The summed E-state index contributed by atoms with van der Waals surface area (Å²) in [6, 6.07) is 9.08. The van der Waals surface area contributed by atoms with Gasteiger partial charge in [-0.05, 0) is 36.3 Å². The van der Waals surface area contributed by atoms with Crippen LogP contribution in [-0.2, 0) is 6.42 Å². The lowest BCUT2D eigenvalue weighted by atomic mass is 9.83. The van der Waals surface area contributed by atoms with E-state index in [0.717, 1.165) is 5.92 Å². The minimum absolute atomic E-state index is 0.844. The first-order valence-corrected chi connectivity index (χ1v) is 6.99. The highest BCUT2D eigenvalue weighted by Crippen LogP contribution is 2.32. The monoisotopic (exact) mass is 216 g/mol. The van der Waals surface area contributed by atoms with E-state index in [9.17, 15) is 0 Å². The summed E-state index contributed by atoms with van der Waals surface area (Å²) in [4.78, 5) is 0.